The Bertz CT molecular complexity index is 1040. The summed E-state index contributed by atoms with van der Waals surface area (Å²) in [7, 11) is 0. The first-order chi connectivity index (χ1) is 15.2. The largest absolute Gasteiger partial charge is 0.507 e. The molecule has 0 spiro atoms. The van der Waals surface area contributed by atoms with Crippen molar-refractivity contribution < 1.29 is 14.6 Å². The molecular weight excluding hydrogens is 390 g/mol. The van der Waals surface area contributed by atoms with Crippen LogP contribution >= 0.6 is 0 Å². The van der Waals surface area contributed by atoms with E-state index >= 15 is 0 Å². The first kappa shape index (κ1) is 21.0. The number of nitrogens with zero attached hydrogens (tertiary/aromatic N) is 2. The number of hydrogen-bond acceptors (Lipinski definition) is 4. The Labute approximate surface area is 182 Å². The molecule has 162 valence electrons. The number of fused-ring (bicyclic) bond motifs is 1. The monoisotopic (exact) mass is 419 g/mol. The smallest absolute Gasteiger partial charge is 0.273 e. The minimum atomic E-state index is -0.259. The molecule has 1 atom stereocenters. The predicted octanol–water partition coefficient (Wildman–Crippen LogP) is 5.31. The highest BCUT2D eigenvalue weighted by molar-refractivity contribution is 6.00. The van der Waals surface area contributed by atoms with Crippen molar-refractivity contribution in [2.75, 3.05) is 13.2 Å². The molecule has 0 fully saturated rings. The van der Waals surface area contributed by atoms with Gasteiger partial charge in [0.05, 0.1) is 12.6 Å². The van der Waals surface area contributed by atoms with Crippen molar-refractivity contribution >= 4 is 5.91 Å². The van der Waals surface area contributed by atoms with Gasteiger partial charge in [-0.2, -0.15) is 5.10 Å². The molecule has 1 unspecified atom stereocenters. The molecule has 0 saturated carbocycles. The molecule has 0 saturated heterocycles. The van der Waals surface area contributed by atoms with Gasteiger partial charge in [0, 0.05) is 17.7 Å². The van der Waals surface area contributed by atoms with Gasteiger partial charge in [-0.15, -0.1) is 0 Å². The van der Waals surface area contributed by atoms with E-state index in [0.29, 0.717) is 30.1 Å². The third-order valence-corrected chi connectivity index (χ3v) is 5.70. The van der Waals surface area contributed by atoms with Crippen LogP contribution in [0.1, 0.15) is 67.2 Å². The van der Waals surface area contributed by atoms with Crippen molar-refractivity contribution in [3.63, 3.8) is 0 Å². The van der Waals surface area contributed by atoms with Gasteiger partial charge >= 0.3 is 0 Å². The number of carbonyl (C=O) groups excluding carboxylic acids is 1. The first-order valence-electron chi connectivity index (χ1n) is 11.1. The van der Waals surface area contributed by atoms with Crippen LogP contribution in [0, 0.1) is 0 Å². The van der Waals surface area contributed by atoms with Gasteiger partial charge in [0.2, 0.25) is 0 Å². The molecule has 2 aromatic carbocycles. The van der Waals surface area contributed by atoms with E-state index in [1.165, 1.54) is 0 Å². The zero-order valence-electron chi connectivity index (χ0n) is 18.1. The summed E-state index contributed by atoms with van der Waals surface area (Å²) in [4.78, 5) is 15.0. The molecule has 1 aliphatic heterocycles. The van der Waals surface area contributed by atoms with Crippen LogP contribution in [0.25, 0.3) is 11.3 Å². The molecule has 1 amide bonds. The number of aromatic nitrogens is 2. The van der Waals surface area contributed by atoms with E-state index in [1.807, 2.05) is 41.3 Å². The molecule has 1 aliphatic rings. The van der Waals surface area contributed by atoms with E-state index < -0.39 is 0 Å². The lowest BCUT2D eigenvalue weighted by molar-refractivity contribution is 0.0744. The topological polar surface area (TPSA) is 78.5 Å². The summed E-state index contributed by atoms with van der Waals surface area (Å²) in [5.74, 6) is 0.920. The van der Waals surface area contributed by atoms with Crippen LogP contribution in [0.4, 0.5) is 0 Å². The van der Waals surface area contributed by atoms with Crippen LogP contribution in [0.2, 0.25) is 0 Å². The molecule has 4 rings (SSSR count). The number of para-hydroxylation sites is 1. The van der Waals surface area contributed by atoms with Crippen molar-refractivity contribution in [2.24, 2.45) is 0 Å². The number of nitrogens with one attached hydrogen (secondary N) is 1. The third kappa shape index (κ3) is 4.02. The molecule has 0 bridgehead atoms. The van der Waals surface area contributed by atoms with Gasteiger partial charge in [-0.25, -0.2) is 0 Å². The van der Waals surface area contributed by atoms with Gasteiger partial charge in [-0.1, -0.05) is 51.0 Å². The van der Waals surface area contributed by atoms with Crippen molar-refractivity contribution in [3.8, 4) is 22.8 Å². The molecule has 2 N–H and O–H groups in total. The van der Waals surface area contributed by atoms with Crippen LogP contribution in [0.3, 0.4) is 0 Å². The Hall–Kier alpha value is -3.28. The van der Waals surface area contributed by atoms with Crippen LogP contribution in [-0.4, -0.2) is 39.3 Å². The van der Waals surface area contributed by atoms with Gasteiger partial charge < -0.3 is 14.7 Å². The molecule has 6 nitrogen and oxygen atoms in total. The molecule has 6 heteroatoms. The average molecular weight is 420 g/mol. The van der Waals surface area contributed by atoms with Crippen molar-refractivity contribution in [2.45, 2.75) is 45.6 Å². The number of amides is 1. The van der Waals surface area contributed by atoms with E-state index in [4.69, 9.17) is 4.74 Å². The number of carbonyl (C=O) groups is 1. The number of aromatic amines is 1. The number of unbranched alkanes of at least 4 members (excludes halogenated alkanes) is 2. The molecule has 2 heterocycles. The summed E-state index contributed by atoms with van der Waals surface area (Å²) in [6.45, 7) is 5.58. The lowest BCUT2D eigenvalue weighted by Crippen LogP contribution is -2.30. The number of benzene rings is 2. The second kappa shape index (κ2) is 9.25. The third-order valence-electron chi connectivity index (χ3n) is 5.70. The average Bonchev–Trinajstić information content (AvgIpc) is 3.32. The fraction of sp³-hybridized carbons (Fsp3) is 0.360. The van der Waals surface area contributed by atoms with Gasteiger partial charge in [0.25, 0.3) is 5.91 Å². The maximum Gasteiger partial charge on any atom is 0.273 e. The maximum absolute atomic E-state index is 13.1. The SMILES string of the molecule is CCCCCOc1ccc(C2c3c(-c4ccccc4O)n[nH]c3C(=O)N2CCC)cc1. The maximum atomic E-state index is 13.1. The minimum absolute atomic E-state index is 0.0593. The van der Waals surface area contributed by atoms with Crippen molar-refractivity contribution in [1.29, 1.82) is 0 Å². The fourth-order valence-corrected chi connectivity index (χ4v) is 4.18. The van der Waals surface area contributed by atoms with Crippen LogP contribution in [0.15, 0.2) is 48.5 Å². The summed E-state index contributed by atoms with van der Waals surface area (Å²) in [5.41, 5.74) is 3.55. The number of phenols is 1. The number of ether oxygens (including phenoxy) is 1. The molecular formula is C25H29N3O3. The van der Waals surface area contributed by atoms with Crippen molar-refractivity contribution in [1.82, 2.24) is 15.1 Å². The Morgan fingerprint density at radius 2 is 1.84 bits per heavy atom. The first-order valence-corrected chi connectivity index (χ1v) is 11.1. The predicted molar refractivity (Wildman–Crippen MR) is 120 cm³/mol. The number of H-pyrrole nitrogens is 1. The zero-order chi connectivity index (χ0) is 21.8. The van der Waals surface area contributed by atoms with Crippen LogP contribution < -0.4 is 4.74 Å². The highest BCUT2D eigenvalue weighted by Crippen LogP contribution is 2.44. The van der Waals surface area contributed by atoms with Crippen LogP contribution in [0.5, 0.6) is 11.5 Å². The molecule has 1 aromatic heterocycles. The Morgan fingerprint density at radius 3 is 2.55 bits per heavy atom. The summed E-state index contributed by atoms with van der Waals surface area (Å²) in [6, 6.07) is 14.8. The van der Waals surface area contributed by atoms with Gasteiger partial charge in [0.1, 0.15) is 22.9 Å². The number of hydrogen-bond donors (Lipinski definition) is 2. The van der Waals surface area contributed by atoms with Gasteiger partial charge in [-0.05, 0) is 42.7 Å². The molecule has 0 radical (unpaired) electrons. The highest BCUT2D eigenvalue weighted by Gasteiger charge is 2.42. The number of rotatable bonds is 9. The van der Waals surface area contributed by atoms with Crippen LogP contribution in [-0.2, 0) is 0 Å². The molecule has 31 heavy (non-hydrogen) atoms. The molecule has 3 aromatic rings. The normalized spacial score (nSPS) is 15.4. The second-order valence-corrected chi connectivity index (χ2v) is 7.90. The summed E-state index contributed by atoms with van der Waals surface area (Å²) >= 11 is 0. The Morgan fingerprint density at radius 1 is 1.06 bits per heavy atom. The van der Waals surface area contributed by atoms with E-state index in [1.54, 1.807) is 12.1 Å². The van der Waals surface area contributed by atoms with E-state index in [9.17, 15) is 9.90 Å². The lowest BCUT2D eigenvalue weighted by atomic mass is 9.95. The quantitative estimate of drug-likeness (QED) is 0.461. The highest BCUT2D eigenvalue weighted by atomic mass is 16.5. The Balaban J connectivity index is 1.69. The fourth-order valence-electron chi connectivity index (χ4n) is 4.18. The number of aromatic hydroxyl groups is 1. The minimum Gasteiger partial charge on any atom is -0.507 e. The van der Waals surface area contributed by atoms with Gasteiger partial charge in [-0.3, -0.25) is 9.89 Å². The molecule has 0 aliphatic carbocycles. The Kier molecular flexibility index (Phi) is 6.26. The van der Waals surface area contributed by atoms with E-state index in [0.717, 1.165) is 42.6 Å². The summed E-state index contributed by atoms with van der Waals surface area (Å²) in [6.07, 6.45) is 4.22. The second-order valence-electron chi connectivity index (χ2n) is 7.90. The summed E-state index contributed by atoms with van der Waals surface area (Å²) < 4.78 is 5.85. The summed E-state index contributed by atoms with van der Waals surface area (Å²) in [5, 5.41) is 17.7. The lowest BCUT2D eigenvalue weighted by Gasteiger charge is -2.26. The van der Waals surface area contributed by atoms with E-state index in [-0.39, 0.29) is 17.7 Å². The van der Waals surface area contributed by atoms with Gasteiger partial charge in [0.15, 0.2) is 0 Å². The van der Waals surface area contributed by atoms with E-state index in [2.05, 4.69) is 24.0 Å². The zero-order valence-corrected chi connectivity index (χ0v) is 18.1. The standard InChI is InChI=1S/C25H29N3O3/c1-3-5-8-16-31-18-13-11-17(12-14-18)24-21-22(19-9-6-7-10-20(19)29)26-27-23(21)25(30)28(24)15-4-2/h6-7,9-14,24,29H,3-5,8,15-16H2,1-2H3,(H,26,27). The number of phenolic OH excluding ortho intramolecular Hbond substituents is 1. The van der Waals surface area contributed by atoms with Crippen molar-refractivity contribution in [3.05, 3.63) is 65.4 Å².